The van der Waals surface area contributed by atoms with Crippen molar-refractivity contribution in [1.29, 1.82) is 0 Å². The van der Waals surface area contributed by atoms with Gasteiger partial charge in [-0.25, -0.2) is 0 Å². The molecule has 5 heteroatoms. The summed E-state index contributed by atoms with van der Waals surface area (Å²) in [6.07, 6.45) is 3.20. The lowest BCUT2D eigenvalue weighted by Gasteiger charge is -2.22. The van der Waals surface area contributed by atoms with E-state index in [1.807, 2.05) is 7.05 Å². The second kappa shape index (κ2) is 11.5. The largest absolute Gasteiger partial charge is 0.469 e. The van der Waals surface area contributed by atoms with Gasteiger partial charge in [0.25, 0.3) is 0 Å². The van der Waals surface area contributed by atoms with E-state index in [4.69, 9.17) is 0 Å². The average Bonchev–Trinajstić information content (AvgIpc) is 2.60. The minimum atomic E-state index is -0.154. The van der Waals surface area contributed by atoms with Gasteiger partial charge in [0.05, 0.1) is 7.11 Å². The Kier molecular flexibility index (Phi) is 9.58. The van der Waals surface area contributed by atoms with Crippen molar-refractivity contribution in [3.05, 3.63) is 35.4 Å². The van der Waals surface area contributed by atoms with E-state index in [-0.39, 0.29) is 5.97 Å². The third-order valence-corrected chi connectivity index (χ3v) is 3.83. The summed E-state index contributed by atoms with van der Waals surface area (Å²) in [7, 11) is 3.47. The van der Waals surface area contributed by atoms with Crippen molar-refractivity contribution < 1.29 is 9.53 Å². The smallest absolute Gasteiger partial charge is 0.305 e. The zero-order chi connectivity index (χ0) is 17.8. The normalized spacial score (nSPS) is 11.2. The van der Waals surface area contributed by atoms with Gasteiger partial charge in [-0.1, -0.05) is 31.2 Å². The Morgan fingerprint density at radius 3 is 2.42 bits per heavy atom. The fraction of sp³-hybridized carbons (Fsp3) is 0.579. The first-order valence-corrected chi connectivity index (χ1v) is 8.74. The van der Waals surface area contributed by atoms with Gasteiger partial charge in [0, 0.05) is 33.1 Å². The Labute approximate surface area is 146 Å². The Morgan fingerprint density at radius 2 is 1.83 bits per heavy atom. The van der Waals surface area contributed by atoms with Gasteiger partial charge in [-0.05, 0) is 37.3 Å². The minimum Gasteiger partial charge on any atom is -0.469 e. The van der Waals surface area contributed by atoms with Gasteiger partial charge in [0.15, 0.2) is 5.96 Å². The summed E-state index contributed by atoms with van der Waals surface area (Å²) >= 11 is 0. The molecule has 0 aliphatic heterocycles. The van der Waals surface area contributed by atoms with E-state index in [9.17, 15) is 4.79 Å². The number of rotatable bonds is 9. The van der Waals surface area contributed by atoms with Crippen LogP contribution in [0, 0.1) is 0 Å². The molecule has 1 aromatic carbocycles. The van der Waals surface area contributed by atoms with Crippen LogP contribution in [-0.4, -0.2) is 44.1 Å². The van der Waals surface area contributed by atoms with Crippen molar-refractivity contribution in [1.82, 2.24) is 10.2 Å². The number of benzene rings is 1. The maximum absolute atomic E-state index is 11.1. The van der Waals surface area contributed by atoms with Crippen molar-refractivity contribution in [2.24, 2.45) is 4.99 Å². The third-order valence-electron chi connectivity index (χ3n) is 3.83. The number of hydrogen-bond donors (Lipinski definition) is 1. The van der Waals surface area contributed by atoms with E-state index in [1.54, 1.807) is 0 Å². The van der Waals surface area contributed by atoms with Gasteiger partial charge in [0.1, 0.15) is 0 Å². The zero-order valence-corrected chi connectivity index (χ0v) is 15.5. The predicted octanol–water partition coefficient (Wildman–Crippen LogP) is 2.99. The van der Waals surface area contributed by atoms with Crippen molar-refractivity contribution in [2.75, 3.05) is 27.2 Å². The maximum atomic E-state index is 11.1. The Hall–Kier alpha value is -2.04. The Bertz CT molecular complexity index is 512. The molecule has 0 aliphatic rings. The molecule has 0 saturated carbocycles. The van der Waals surface area contributed by atoms with E-state index >= 15 is 0 Å². The zero-order valence-electron chi connectivity index (χ0n) is 15.5. The summed E-state index contributed by atoms with van der Waals surface area (Å²) < 4.78 is 4.64. The fourth-order valence-corrected chi connectivity index (χ4v) is 2.37. The molecule has 0 spiro atoms. The Balaban J connectivity index is 2.51. The number of aryl methyl sites for hydroxylation is 1. The van der Waals surface area contributed by atoms with Crippen LogP contribution in [0.1, 0.15) is 44.2 Å². The summed E-state index contributed by atoms with van der Waals surface area (Å²) in [6.45, 7) is 6.59. The molecule has 1 rings (SSSR count). The van der Waals surface area contributed by atoms with Crippen LogP contribution in [0.5, 0.6) is 0 Å². The molecule has 0 amide bonds. The number of nitrogens with zero attached hydrogens (tertiary/aromatic N) is 2. The number of esters is 1. The van der Waals surface area contributed by atoms with Crippen LogP contribution in [0.4, 0.5) is 0 Å². The molecule has 0 bridgehead atoms. The van der Waals surface area contributed by atoms with Crippen LogP contribution < -0.4 is 5.32 Å². The molecule has 0 fully saturated rings. The van der Waals surface area contributed by atoms with Crippen LogP contribution in [-0.2, 0) is 22.5 Å². The number of aliphatic imine (C=N–C) groups is 1. The van der Waals surface area contributed by atoms with Crippen molar-refractivity contribution in [3.63, 3.8) is 0 Å². The molecule has 1 aromatic rings. The molecule has 0 atom stereocenters. The quantitative estimate of drug-likeness (QED) is 0.327. The minimum absolute atomic E-state index is 0.154. The van der Waals surface area contributed by atoms with Crippen LogP contribution in [0.25, 0.3) is 0 Å². The molecule has 5 nitrogen and oxygen atoms in total. The number of methoxy groups -OCH3 is 1. The van der Waals surface area contributed by atoms with E-state index in [0.29, 0.717) is 13.0 Å². The molecule has 134 valence electrons. The number of guanidine groups is 1. The van der Waals surface area contributed by atoms with Crippen molar-refractivity contribution >= 4 is 11.9 Å². The second-order valence-corrected chi connectivity index (χ2v) is 5.80. The number of unbranched alkanes of at least 4 members (excludes halogenated alkanes) is 1. The number of ether oxygens (including phenoxy) is 1. The highest BCUT2D eigenvalue weighted by atomic mass is 16.5. The molecule has 24 heavy (non-hydrogen) atoms. The molecule has 0 saturated heterocycles. The molecule has 0 aliphatic carbocycles. The summed E-state index contributed by atoms with van der Waals surface area (Å²) in [5, 5.41) is 3.32. The van der Waals surface area contributed by atoms with Crippen molar-refractivity contribution in [2.45, 2.75) is 46.1 Å². The van der Waals surface area contributed by atoms with Crippen LogP contribution in [0.15, 0.2) is 29.3 Å². The number of carbonyl (C=O) groups excluding carboxylic acids is 1. The topological polar surface area (TPSA) is 53.9 Å². The van der Waals surface area contributed by atoms with Gasteiger partial charge < -0.3 is 15.0 Å². The highest BCUT2D eigenvalue weighted by molar-refractivity contribution is 5.79. The molecular weight excluding hydrogens is 302 g/mol. The Morgan fingerprint density at radius 1 is 1.17 bits per heavy atom. The van der Waals surface area contributed by atoms with Gasteiger partial charge in [-0.15, -0.1) is 0 Å². The van der Waals surface area contributed by atoms with Gasteiger partial charge in [0.2, 0.25) is 0 Å². The number of carbonyl (C=O) groups is 1. The lowest BCUT2D eigenvalue weighted by Crippen LogP contribution is -2.38. The first kappa shape index (κ1) is 20.0. The summed E-state index contributed by atoms with van der Waals surface area (Å²) in [5.74, 6) is 0.744. The average molecular weight is 333 g/mol. The molecule has 0 aromatic heterocycles. The molecule has 0 unspecified atom stereocenters. The first-order chi connectivity index (χ1) is 11.6. The van der Waals surface area contributed by atoms with Gasteiger partial charge in [-0.2, -0.15) is 0 Å². The number of hydrogen-bond acceptors (Lipinski definition) is 3. The molecule has 1 N–H and O–H groups in total. The standard InChI is InChI=1S/C19H31N3O2/c1-5-16-10-12-17(13-11-16)15-22(3)19(20-6-2)21-14-8-7-9-18(23)24-4/h10-13H,5-9,14-15H2,1-4H3,(H,20,21). The van der Waals surface area contributed by atoms with Crippen LogP contribution in [0.3, 0.4) is 0 Å². The van der Waals surface area contributed by atoms with E-state index in [1.165, 1.54) is 18.2 Å². The first-order valence-electron chi connectivity index (χ1n) is 8.74. The third kappa shape index (κ3) is 7.49. The van der Waals surface area contributed by atoms with E-state index < -0.39 is 0 Å². The monoisotopic (exact) mass is 333 g/mol. The van der Waals surface area contributed by atoms with E-state index in [0.717, 1.165) is 38.3 Å². The molecular formula is C19H31N3O2. The number of nitrogens with one attached hydrogen (secondary N) is 1. The lowest BCUT2D eigenvalue weighted by molar-refractivity contribution is -0.140. The molecule has 0 heterocycles. The highest BCUT2D eigenvalue weighted by Gasteiger charge is 2.06. The highest BCUT2D eigenvalue weighted by Crippen LogP contribution is 2.08. The summed E-state index contributed by atoms with van der Waals surface area (Å²) in [5.41, 5.74) is 2.62. The van der Waals surface area contributed by atoms with Gasteiger partial charge in [-0.3, -0.25) is 9.79 Å². The summed E-state index contributed by atoms with van der Waals surface area (Å²) in [6, 6.07) is 8.71. The lowest BCUT2D eigenvalue weighted by atomic mass is 10.1. The van der Waals surface area contributed by atoms with E-state index in [2.05, 4.69) is 58.1 Å². The molecule has 0 radical (unpaired) electrons. The fourth-order valence-electron chi connectivity index (χ4n) is 2.37. The second-order valence-electron chi connectivity index (χ2n) is 5.80. The van der Waals surface area contributed by atoms with Crippen molar-refractivity contribution in [3.8, 4) is 0 Å². The van der Waals surface area contributed by atoms with Gasteiger partial charge >= 0.3 is 5.97 Å². The predicted molar refractivity (Wildman–Crippen MR) is 99.1 cm³/mol. The summed E-state index contributed by atoms with van der Waals surface area (Å²) in [4.78, 5) is 17.9. The maximum Gasteiger partial charge on any atom is 0.305 e. The SMILES string of the molecule is CCNC(=NCCCCC(=O)OC)N(C)Cc1ccc(CC)cc1. The van der Waals surface area contributed by atoms with Crippen LogP contribution >= 0.6 is 0 Å². The van der Waals surface area contributed by atoms with Crippen LogP contribution in [0.2, 0.25) is 0 Å².